The Labute approximate surface area is 171 Å². The van der Waals surface area contributed by atoms with Crippen molar-refractivity contribution >= 4 is 23.2 Å². The molecule has 2 amide bonds. The highest BCUT2D eigenvalue weighted by molar-refractivity contribution is 5.96. The summed E-state index contributed by atoms with van der Waals surface area (Å²) in [6.07, 6.45) is 2.33. The van der Waals surface area contributed by atoms with Crippen LogP contribution in [0.4, 0.5) is 11.4 Å². The summed E-state index contributed by atoms with van der Waals surface area (Å²) in [5.41, 5.74) is 2.05. The van der Waals surface area contributed by atoms with Crippen molar-refractivity contribution in [1.29, 1.82) is 0 Å². The van der Waals surface area contributed by atoms with Crippen LogP contribution < -0.4 is 15.4 Å². The summed E-state index contributed by atoms with van der Waals surface area (Å²) in [5, 5.41) is 5.89. The molecule has 1 saturated heterocycles. The highest BCUT2D eigenvalue weighted by atomic mass is 16.5. The standard InChI is InChI=1S/C22H27N3O4/c1-25(2)22(27)16-5-7-18(8-6-16)24-21(26)14-23-17-9-11-19(12-10-17)29-15-20-4-3-13-28-20/h5-12,20,23H,3-4,13-15H2,1-2H3,(H,24,26). The van der Waals surface area contributed by atoms with E-state index in [2.05, 4.69) is 10.6 Å². The molecule has 1 atom stereocenters. The van der Waals surface area contributed by atoms with E-state index in [1.807, 2.05) is 24.3 Å². The van der Waals surface area contributed by atoms with Crippen molar-refractivity contribution in [2.75, 3.05) is 44.5 Å². The molecule has 0 bridgehead atoms. The third-order valence-electron chi connectivity index (χ3n) is 4.59. The third-order valence-corrected chi connectivity index (χ3v) is 4.59. The van der Waals surface area contributed by atoms with Gasteiger partial charge in [0.2, 0.25) is 5.91 Å². The zero-order chi connectivity index (χ0) is 20.6. The normalized spacial score (nSPS) is 15.6. The van der Waals surface area contributed by atoms with Gasteiger partial charge in [-0.25, -0.2) is 0 Å². The highest BCUT2D eigenvalue weighted by Crippen LogP contribution is 2.18. The van der Waals surface area contributed by atoms with Crippen LogP contribution in [-0.2, 0) is 9.53 Å². The molecule has 1 fully saturated rings. The molecule has 0 saturated carbocycles. The smallest absolute Gasteiger partial charge is 0.253 e. The van der Waals surface area contributed by atoms with Gasteiger partial charge in [-0.2, -0.15) is 0 Å². The fourth-order valence-electron chi connectivity index (χ4n) is 2.98. The van der Waals surface area contributed by atoms with Crippen LogP contribution in [0.15, 0.2) is 48.5 Å². The quantitative estimate of drug-likeness (QED) is 0.716. The molecule has 1 unspecified atom stereocenters. The van der Waals surface area contributed by atoms with Crippen molar-refractivity contribution in [2.45, 2.75) is 18.9 Å². The lowest BCUT2D eigenvalue weighted by molar-refractivity contribution is -0.114. The average Bonchev–Trinajstić information content (AvgIpc) is 3.25. The van der Waals surface area contributed by atoms with Crippen molar-refractivity contribution < 1.29 is 19.1 Å². The molecular weight excluding hydrogens is 370 g/mol. The van der Waals surface area contributed by atoms with Crippen LogP contribution >= 0.6 is 0 Å². The van der Waals surface area contributed by atoms with Gasteiger partial charge in [0.15, 0.2) is 0 Å². The van der Waals surface area contributed by atoms with Gasteiger partial charge >= 0.3 is 0 Å². The predicted molar refractivity (Wildman–Crippen MR) is 112 cm³/mol. The first-order valence-corrected chi connectivity index (χ1v) is 9.71. The lowest BCUT2D eigenvalue weighted by Gasteiger charge is -2.12. The van der Waals surface area contributed by atoms with E-state index in [0.717, 1.165) is 30.9 Å². The Morgan fingerprint density at radius 2 is 1.76 bits per heavy atom. The molecule has 0 radical (unpaired) electrons. The van der Waals surface area contributed by atoms with Gasteiger partial charge < -0.3 is 25.0 Å². The van der Waals surface area contributed by atoms with Crippen LogP contribution in [0.3, 0.4) is 0 Å². The largest absolute Gasteiger partial charge is 0.491 e. The zero-order valence-electron chi connectivity index (χ0n) is 16.8. The first-order valence-electron chi connectivity index (χ1n) is 9.71. The molecule has 7 nitrogen and oxygen atoms in total. The molecule has 0 spiro atoms. The number of nitrogens with one attached hydrogen (secondary N) is 2. The SMILES string of the molecule is CN(C)C(=O)c1ccc(NC(=O)CNc2ccc(OCC3CCCO3)cc2)cc1. The molecule has 0 aliphatic carbocycles. The Kier molecular flexibility index (Phi) is 7.08. The highest BCUT2D eigenvalue weighted by Gasteiger charge is 2.15. The number of carbonyl (C=O) groups is 2. The minimum absolute atomic E-state index is 0.0762. The van der Waals surface area contributed by atoms with E-state index in [9.17, 15) is 9.59 Å². The Bertz CT molecular complexity index is 813. The minimum atomic E-state index is -0.171. The number of hydrogen-bond donors (Lipinski definition) is 2. The molecule has 1 aliphatic heterocycles. The van der Waals surface area contributed by atoms with E-state index < -0.39 is 0 Å². The molecule has 0 aromatic heterocycles. The molecule has 1 heterocycles. The predicted octanol–water partition coefficient (Wildman–Crippen LogP) is 3.00. The summed E-state index contributed by atoms with van der Waals surface area (Å²) in [6.45, 7) is 1.51. The molecule has 2 aromatic carbocycles. The number of ether oxygens (including phenoxy) is 2. The number of anilines is 2. The lowest BCUT2D eigenvalue weighted by atomic mass is 10.2. The van der Waals surface area contributed by atoms with Gasteiger partial charge in [-0.3, -0.25) is 9.59 Å². The second kappa shape index (κ2) is 9.93. The van der Waals surface area contributed by atoms with Crippen LogP contribution in [0.1, 0.15) is 23.2 Å². The molecule has 2 N–H and O–H groups in total. The van der Waals surface area contributed by atoms with Crippen molar-refractivity contribution in [1.82, 2.24) is 4.90 Å². The summed E-state index contributed by atoms with van der Waals surface area (Å²) in [6, 6.07) is 14.3. The van der Waals surface area contributed by atoms with Gasteiger partial charge in [0.25, 0.3) is 5.91 Å². The summed E-state index contributed by atoms with van der Waals surface area (Å²) in [7, 11) is 3.40. The number of nitrogens with zero attached hydrogens (tertiary/aromatic N) is 1. The van der Waals surface area contributed by atoms with E-state index in [1.165, 1.54) is 4.90 Å². The third kappa shape index (κ3) is 6.22. The van der Waals surface area contributed by atoms with Crippen molar-refractivity contribution in [3.05, 3.63) is 54.1 Å². The Balaban J connectivity index is 1.42. The molecule has 1 aliphatic rings. The second-order valence-electron chi connectivity index (χ2n) is 7.15. The van der Waals surface area contributed by atoms with E-state index in [4.69, 9.17) is 9.47 Å². The van der Waals surface area contributed by atoms with Gasteiger partial charge in [-0.15, -0.1) is 0 Å². The molecule has 7 heteroatoms. The summed E-state index contributed by atoms with van der Waals surface area (Å²) < 4.78 is 11.3. The summed E-state index contributed by atoms with van der Waals surface area (Å²) >= 11 is 0. The van der Waals surface area contributed by atoms with E-state index in [1.54, 1.807) is 38.4 Å². The number of hydrogen-bond acceptors (Lipinski definition) is 5. The van der Waals surface area contributed by atoms with Crippen LogP contribution in [0.25, 0.3) is 0 Å². The van der Waals surface area contributed by atoms with Gasteiger partial charge in [0.1, 0.15) is 12.4 Å². The monoisotopic (exact) mass is 397 g/mol. The molecule has 3 rings (SSSR count). The number of rotatable bonds is 8. The van der Waals surface area contributed by atoms with E-state index in [-0.39, 0.29) is 24.5 Å². The second-order valence-corrected chi connectivity index (χ2v) is 7.15. The van der Waals surface area contributed by atoms with E-state index in [0.29, 0.717) is 17.9 Å². The zero-order valence-corrected chi connectivity index (χ0v) is 16.8. The summed E-state index contributed by atoms with van der Waals surface area (Å²) in [4.78, 5) is 25.5. The maximum Gasteiger partial charge on any atom is 0.253 e. The van der Waals surface area contributed by atoms with Crippen LogP contribution in [0.2, 0.25) is 0 Å². The Morgan fingerprint density at radius 1 is 1.07 bits per heavy atom. The molecule has 2 aromatic rings. The Hall–Kier alpha value is -3.06. The van der Waals surface area contributed by atoms with Crippen molar-refractivity contribution in [3.63, 3.8) is 0 Å². The van der Waals surface area contributed by atoms with Crippen LogP contribution in [0, 0.1) is 0 Å². The minimum Gasteiger partial charge on any atom is -0.491 e. The van der Waals surface area contributed by atoms with Crippen molar-refractivity contribution in [3.8, 4) is 5.75 Å². The number of carbonyl (C=O) groups excluding carboxylic acids is 2. The van der Waals surface area contributed by atoms with Gasteiger partial charge in [-0.05, 0) is 61.4 Å². The Morgan fingerprint density at radius 3 is 2.38 bits per heavy atom. The fourth-order valence-corrected chi connectivity index (χ4v) is 2.98. The van der Waals surface area contributed by atoms with Crippen molar-refractivity contribution in [2.24, 2.45) is 0 Å². The first kappa shape index (κ1) is 20.7. The number of benzene rings is 2. The maximum atomic E-state index is 12.1. The fraction of sp³-hybridized carbons (Fsp3) is 0.364. The summed E-state index contributed by atoms with van der Waals surface area (Å²) in [5.74, 6) is 0.533. The van der Waals surface area contributed by atoms with Gasteiger partial charge in [0.05, 0.1) is 12.6 Å². The number of amides is 2. The first-order chi connectivity index (χ1) is 14.0. The average molecular weight is 397 g/mol. The topological polar surface area (TPSA) is 79.9 Å². The van der Waals surface area contributed by atoms with Crippen LogP contribution in [0.5, 0.6) is 5.75 Å². The van der Waals surface area contributed by atoms with Crippen LogP contribution in [-0.4, -0.2) is 56.7 Å². The van der Waals surface area contributed by atoms with Gasteiger partial charge in [-0.1, -0.05) is 0 Å². The lowest BCUT2D eigenvalue weighted by Crippen LogP contribution is -2.23. The maximum absolute atomic E-state index is 12.1. The van der Waals surface area contributed by atoms with Gasteiger partial charge in [0, 0.05) is 37.6 Å². The molecule has 29 heavy (non-hydrogen) atoms. The van der Waals surface area contributed by atoms with E-state index >= 15 is 0 Å². The molecule has 154 valence electrons. The molecular formula is C22H27N3O4.